The summed E-state index contributed by atoms with van der Waals surface area (Å²) in [5.74, 6) is 5.24. The van der Waals surface area contributed by atoms with Crippen molar-refractivity contribution in [1.29, 1.82) is 0 Å². The predicted octanol–water partition coefficient (Wildman–Crippen LogP) is 1.15. The van der Waals surface area contributed by atoms with Crippen molar-refractivity contribution < 1.29 is 13.3 Å². The fraction of sp³-hybridized carbons (Fsp3) is 0.500. The second kappa shape index (κ2) is 4.40. The van der Waals surface area contributed by atoms with Gasteiger partial charge in [0.2, 0.25) is 0 Å². The van der Waals surface area contributed by atoms with Gasteiger partial charge in [0.15, 0.2) is 0 Å². The summed E-state index contributed by atoms with van der Waals surface area (Å²) in [6, 6.07) is 7.83. The lowest BCUT2D eigenvalue weighted by Gasteiger charge is -2.14. The number of sulfone groups is 1. The van der Waals surface area contributed by atoms with Crippen molar-refractivity contribution in [2.75, 3.05) is 12.0 Å². The molecule has 0 saturated heterocycles. The maximum Gasteiger partial charge on any atom is 0.148 e. The van der Waals surface area contributed by atoms with E-state index in [4.69, 9.17) is 5.90 Å². The van der Waals surface area contributed by atoms with Gasteiger partial charge in [-0.1, -0.05) is 24.3 Å². The maximum atomic E-state index is 11.4. The highest BCUT2D eigenvalue weighted by Crippen LogP contribution is 2.49. The lowest BCUT2D eigenvalue weighted by Crippen LogP contribution is -2.19. The Morgan fingerprint density at radius 2 is 1.88 bits per heavy atom. The van der Waals surface area contributed by atoms with Crippen LogP contribution in [0.5, 0.6) is 0 Å². The second-order valence-corrected chi connectivity index (χ2v) is 7.00. The summed E-state index contributed by atoms with van der Waals surface area (Å²) < 4.78 is 22.8. The molecule has 4 nitrogen and oxygen atoms in total. The molecule has 1 aliphatic rings. The summed E-state index contributed by atoms with van der Waals surface area (Å²) in [7, 11) is -2.93. The third-order valence-electron chi connectivity index (χ3n) is 3.21. The molecule has 2 N–H and O–H groups in total. The van der Waals surface area contributed by atoms with Crippen molar-refractivity contribution in [3.05, 3.63) is 35.4 Å². The van der Waals surface area contributed by atoms with Gasteiger partial charge in [-0.2, -0.15) is 0 Å². The van der Waals surface area contributed by atoms with Crippen molar-refractivity contribution in [3.8, 4) is 0 Å². The summed E-state index contributed by atoms with van der Waals surface area (Å²) in [6.07, 6.45) is 3.20. The Kier molecular flexibility index (Phi) is 3.25. The Morgan fingerprint density at radius 1 is 1.29 bits per heavy atom. The van der Waals surface area contributed by atoms with E-state index in [0.717, 1.165) is 24.0 Å². The second-order valence-electron chi connectivity index (χ2n) is 4.86. The Labute approximate surface area is 102 Å². The minimum Gasteiger partial charge on any atom is -0.300 e. The smallest absolute Gasteiger partial charge is 0.148 e. The molecule has 0 radical (unpaired) electrons. The van der Waals surface area contributed by atoms with Gasteiger partial charge in [0, 0.05) is 11.7 Å². The van der Waals surface area contributed by atoms with Gasteiger partial charge in [-0.25, -0.2) is 14.3 Å². The van der Waals surface area contributed by atoms with Crippen LogP contribution in [-0.2, 0) is 26.7 Å². The van der Waals surface area contributed by atoms with Crippen LogP contribution in [0.1, 0.15) is 24.0 Å². The average molecular weight is 255 g/mol. The van der Waals surface area contributed by atoms with Crippen LogP contribution in [0.4, 0.5) is 0 Å². The van der Waals surface area contributed by atoms with Gasteiger partial charge in [0.25, 0.3) is 0 Å². The lowest BCUT2D eigenvalue weighted by atomic mass is 9.97. The molecule has 0 aliphatic heterocycles. The monoisotopic (exact) mass is 255 g/mol. The van der Waals surface area contributed by atoms with Crippen molar-refractivity contribution in [2.24, 2.45) is 5.90 Å². The fourth-order valence-corrected chi connectivity index (χ4v) is 3.68. The topological polar surface area (TPSA) is 69.4 Å². The maximum absolute atomic E-state index is 11.4. The van der Waals surface area contributed by atoms with E-state index in [9.17, 15) is 8.42 Å². The first kappa shape index (κ1) is 12.5. The summed E-state index contributed by atoms with van der Waals surface area (Å²) in [4.78, 5) is 4.55. The number of hydrogen-bond acceptors (Lipinski definition) is 4. The highest BCUT2D eigenvalue weighted by atomic mass is 32.2. The van der Waals surface area contributed by atoms with E-state index in [0.29, 0.717) is 6.61 Å². The largest absolute Gasteiger partial charge is 0.300 e. The summed E-state index contributed by atoms with van der Waals surface area (Å²) >= 11 is 0. The SMILES string of the molecule is CS(=O)(=O)CC1(c2ccc(CON)cc2)CC1. The summed E-state index contributed by atoms with van der Waals surface area (Å²) in [5, 5.41) is 0. The number of nitrogens with two attached hydrogens (primary N) is 1. The van der Waals surface area contributed by atoms with Crippen molar-refractivity contribution in [2.45, 2.75) is 24.9 Å². The van der Waals surface area contributed by atoms with E-state index in [-0.39, 0.29) is 11.2 Å². The number of rotatable bonds is 5. The third-order valence-corrected chi connectivity index (χ3v) is 4.29. The molecule has 0 bridgehead atoms. The molecule has 0 unspecified atom stereocenters. The minimum absolute atomic E-state index is 0.143. The molecule has 0 amide bonds. The third kappa shape index (κ3) is 3.06. The Hall–Kier alpha value is -0.910. The number of benzene rings is 1. The van der Waals surface area contributed by atoms with Gasteiger partial charge < -0.3 is 0 Å². The molecule has 0 spiro atoms. The van der Waals surface area contributed by atoms with Crippen LogP contribution in [-0.4, -0.2) is 20.4 Å². The molecule has 0 aromatic heterocycles. The van der Waals surface area contributed by atoms with Crippen LogP contribution in [0.25, 0.3) is 0 Å². The van der Waals surface area contributed by atoms with Crippen LogP contribution in [0.15, 0.2) is 24.3 Å². The molecule has 1 fully saturated rings. The zero-order valence-corrected chi connectivity index (χ0v) is 10.7. The molecule has 17 heavy (non-hydrogen) atoms. The van der Waals surface area contributed by atoms with Gasteiger partial charge in [-0.3, -0.25) is 4.84 Å². The van der Waals surface area contributed by atoms with Crippen molar-refractivity contribution in [3.63, 3.8) is 0 Å². The molecule has 0 atom stereocenters. The van der Waals surface area contributed by atoms with Gasteiger partial charge in [-0.05, 0) is 24.0 Å². The summed E-state index contributed by atoms with van der Waals surface area (Å²) in [6.45, 7) is 0.374. The first-order chi connectivity index (χ1) is 7.95. The first-order valence-electron chi connectivity index (χ1n) is 5.54. The van der Waals surface area contributed by atoms with Gasteiger partial charge in [0.1, 0.15) is 9.84 Å². The van der Waals surface area contributed by atoms with Crippen molar-refractivity contribution >= 4 is 9.84 Å². The summed E-state index contributed by atoms with van der Waals surface area (Å²) in [5.41, 5.74) is 1.95. The van der Waals surface area contributed by atoms with Gasteiger partial charge in [-0.15, -0.1) is 0 Å². The number of hydrogen-bond donors (Lipinski definition) is 1. The van der Waals surface area contributed by atoms with Crippen LogP contribution >= 0.6 is 0 Å². The highest BCUT2D eigenvalue weighted by molar-refractivity contribution is 7.90. The molecular weight excluding hydrogens is 238 g/mol. The molecule has 94 valence electrons. The normalized spacial score (nSPS) is 18.0. The lowest BCUT2D eigenvalue weighted by molar-refractivity contribution is 0.124. The average Bonchev–Trinajstić information content (AvgIpc) is 2.98. The van der Waals surface area contributed by atoms with Crippen LogP contribution in [0.3, 0.4) is 0 Å². The zero-order chi connectivity index (χ0) is 12.5. The van der Waals surface area contributed by atoms with Gasteiger partial charge >= 0.3 is 0 Å². The molecule has 1 aromatic carbocycles. The molecule has 5 heteroatoms. The molecular formula is C12H17NO3S. The Bertz CT molecular complexity index is 489. The first-order valence-corrected chi connectivity index (χ1v) is 7.60. The zero-order valence-electron chi connectivity index (χ0n) is 9.85. The molecule has 0 heterocycles. The molecule has 1 aliphatic carbocycles. The molecule has 1 aromatic rings. The standard InChI is InChI=1S/C12H17NO3S/c1-17(14,15)9-12(6-7-12)11-4-2-10(3-5-11)8-16-13/h2-5H,6-9,13H2,1H3. The van der Waals surface area contributed by atoms with Crippen molar-refractivity contribution in [1.82, 2.24) is 0 Å². The molecule has 2 rings (SSSR count). The van der Waals surface area contributed by atoms with E-state index in [2.05, 4.69) is 4.84 Å². The van der Waals surface area contributed by atoms with E-state index in [1.165, 1.54) is 6.26 Å². The van der Waals surface area contributed by atoms with E-state index in [1.54, 1.807) is 0 Å². The van der Waals surface area contributed by atoms with E-state index in [1.807, 2.05) is 24.3 Å². The molecule has 1 saturated carbocycles. The minimum atomic E-state index is -2.93. The quantitative estimate of drug-likeness (QED) is 0.801. The van der Waals surface area contributed by atoms with Crippen LogP contribution in [0, 0.1) is 0 Å². The van der Waals surface area contributed by atoms with Crippen LogP contribution in [0.2, 0.25) is 0 Å². The van der Waals surface area contributed by atoms with E-state index >= 15 is 0 Å². The van der Waals surface area contributed by atoms with Crippen LogP contribution < -0.4 is 5.90 Å². The Morgan fingerprint density at radius 3 is 2.29 bits per heavy atom. The van der Waals surface area contributed by atoms with Gasteiger partial charge in [0.05, 0.1) is 12.4 Å². The highest BCUT2D eigenvalue weighted by Gasteiger charge is 2.46. The fourth-order valence-electron chi connectivity index (χ4n) is 2.22. The van der Waals surface area contributed by atoms with E-state index < -0.39 is 9.84 Å². The Balaban J connectivity index is 2.17. The predicted molar refractivity (Wildman–Crippen MR) is 66.0 cm³/mol.